The van der Waals surface area contributed by atoms with Crippen molar-refractivity contribution in [2.75, 3.05) is 6.61 Å². The van der Waals surface area contributed by atoms with Crippen molar-refractivity contribution >= 4 is 5.91 Å². The van der Waals surface area contributed by atoms with Crippen molar-refractivity contribution in [1.82, 2.24) is 5.32 Å². The van der Waals surface area contributed by atoms with E-state index in [0.717, 1.165) is 38.5 Å². The molecule has 6 nitrogen and oxygen atoms in total. The Morgan fingerprint density at radius 2 is 0.526 bits per heavy atom. The van der Waals surface area contributed by atoms with Crippen LogP contribution in [0.5, 0.6) is 0 Å². The minimum atomic E-state index is -1.28. The minimum Gasteiger partial charge on any atom is -0.394 e. The van der Waals surface area contributed by atoms with Gasteiger partial charge in [-0.25, -0.2) is 0 Å². The number of carbonyl (C=O) groups excluding carboxylic acids is 1. The smallest absolute Gasteiger partial charge is 0.249 e. The number of hydrogen-bond acceptors (Lipinski definition) is 5. The molecule has 0 fully saturated rings. The molecule has 0 saturated heterocycles. The molecule has 4 atom stereocenters. The largest absolute Gasteiger partial charge is 0.394 e. The van der Waals surface area contributed by atoms with E-state index in [1.165, 1.54) is 347 Å². The Labute approximate surface area is 489 Å². The average Bonchev–Trinajstić information content (AvgIpc) is 3.45. The molecule has 0 saturated carbocycles. The van der Waals surface area contributed by atoms with E-state index in [0.29, 0.717) is 12.8 Å². The summed E-state index contributed by atoms with van der Waals surface area (Å²) < 4.78 is 0. The minimum absolute atomic E-state index is 0.369. The molecule has 6 heteroatoms. The third kappa shape index (κ3) is 59.7. The Morgan fingerprint density at radius 1 is 0.308 bits per heavy atom. The molecule has 1 amide bonds. The molecule has 5 N–H and O–H groups in total. The standard InChI is InChI=1S/C72H143NO5/c1-3-5-7-9-11-13-15-17-19-21-23-25-27-29-31-33-35-36-38-40-42-44-46-48-50-52-54-56-58-60-62-64-66-70(76)72(78)73-68(67-74)71(77)69(75)65-63-61-59-57-55-53-51-49-47-45-43-41-39-37-34-32-30-28-26-24-22-20-18-16-14-12-10-8-6-4-2/h57,59,68-71,74-77H,3-56,58,60-67H2,1-2H3,(H,73,78)/b59-57+. The number of unbranched alkanes of at least 4 members (excludes halogenated alkanes) is 57. The Balaban J connectivity index is 3.53. The molecule has 0 aromatic rings. The Morgan fingerprint density at radius 3 is 0.769 bits per heavy atom. The normalized spacial score (nSPS) is 13.5. The van der Waals surface area contributed by atoms with Gasteiger partial charge in [0, 0.05) is 0 Å². The summed E-state index contributed by atoms with van der Waals surface area (Å²) in [5.74, 6) is -0.583. The first-order valence-electron chi connectivity index (χ1n) is 36.1. The van der Waals surface area contributed by atoms with Crippen LogP contribution in [0.4, 0.5) is 0 Å². The van der Waals surface area contributed by atoms with E-state index in [1.54, 1.807) is 0 Å². The van der Waals surface area contributed by atoms with Crippen LogP contribution in [0.25, 0.3) is 0 Å². The molecule has 0 aliphatic carbocycles. The maximum atomic E-state index is 12.7. The third-order valence-corrected chi connectivity index (χ3v) is 17.5. The second kappa shape index (κ2) is 66.8. The van der Waals surface area contributed by atoms with Crippen molar-refractivity contribution in [2.24, 2.45) is 0 Å². The molecule has 0 heterocycles. The van der Waals surface area contributed by atoms with Gasteiger partial charge in [0.25, 0.3) is 0 Å². The van der Waals surface area contributed by atoms with Gasteiger partial charge in [-0.3, -0.25) is 4.79 Å². The predicted molar refractivity (Wildman–Crippen MR) is 344 cm³/mol. The van der Waals surface area contributed by atoms with E-state index in [9.17, 15) is 25.2 Å². The molecule has 0 rings (SSSR count). The maximum absolute atomic E-state index is 12.7. The van der Waals surface area contributed by atoms with Crippen LogP contribution < -0.4 is 5.32 Å². The zero-order valence-corrected chi connectivity index (χ0v) is 53.2. The van der Waals surface area contributed by atoms with Crippen molar-refractivity contribution in [1.29, 1.82) is 0 Å². The molecule has 0 aromatic heterocycles. The van der Waals surface area contributed by atoms with Gasteiger partial charge in [-0.2, -0.15) is 0 Å². The summed E-state index contributed by atoms with van der Waals surface area (Å²) in [5.41, 5.74) is 0. The first-order chi connectivity index (χ1) is 38.5. The summed E-state index contributed by atoms with van der Waals surface area (Å²) >= 11 is 0. The van der Waals surface area contributed by atoms with Crippen LogP contribution in [-0.4, -0.2) is 57.3 Å². The number of carbonyl (C=O) groups is 1. The van der Waals surface area contributed by atoms with Gasteiger partial charge in [0.1, 0.15) is 12.2 Å². The van der Waals surface area contributed by atoms with E-state index >= 15 is 0 Å². The van der Waals surface area contributed by atoms with Gasteiger partial charge in [-0.05, 0) is 38.5 Å². The molecule has 0 bridgehead atoms. The van der Waals surface area contributed by atoms with Crippen LogP contribution in [0.3, 0.4) is 0 Å². The number of hydrogen-bond donors (Lipinski definition) is 5. The molecule has 78 heavy (non-hydrogen) atoms. The zero-order chi connectivity index (χ0) is 56.6. The lowest BCUT2D eigenvalue weighted by atomic mass is 10.00. The number of allylic oxidation sites excluding steroid dienone is 2. The Kier molecular flexibility index (Phi) is 66.0. The molecular formula is C72H143NO5. The van der Waals surface area contributed by atoms with E-state index in [4.69, 9.17) is 0 Å². The zero-order valence-electron chi connectivity index (χ0n) is 53.2. The number of rotatable bonds is 68. The lowest BCUT2D eigenvalue weighted by Crippen LogP contribution is -2.53. The topological polar surface area (TPSA) is 110 Å². The van der Waals surface area contributed by atoms with E-state index in [1.807, 2.05) is 0 Å². The molecule has 0 radical (unpaired) electrons. The number of amides is 1. The monoisotopic (exact) mass is 1100 g/mol. The highest BCUT2D eigenvalue weighted by Gasteiger charge is 2.28. The molecule has 0 aromatic carbocycles. The van der Waals surface area contributed by atoms with E-state index < -0.39 is 36.9 Å². The first-order valence-corrected chi connectivity index (χ1v) is 36.1. The molecule has 466 valence electrons. The van der Waals surface area contributed by atoms with Gasteiger partial charge in [-0.15, -0.1) is 0 Å². The summed E-state index contributed by atoms with van der Waals surface area (Å²) in [7, 11) is 0. The van der Waals surface area contributed by atoms with Gasteiger partial charge in [0.05, 0.1) is 18.8 Å². The van der Waals surface area contributed by atoms with E-state index in [2.05, 4.69) is 31.3 Å². The number of nitrogens with one attached hydrogen (secondary N) is 1. The second-order valence-corrected chi connectivity index (χ2v) is 25.3. The van der Waals surface area contributed by atoms with Gasteiger partial charge in [-0.1, -0.05) is 386 Å². The van der Waals surface area contributed by atoms with Crippen molar-refractivity contribution < 1.29 is 25.2 Å². The third-order valence-electron chi connectivity index (χ3n) is 17.5. The Hall–Kier alpha value is -0.950. The van der Waals surface area contributed by atoms with Crippen molar-refractivity contribution in [3.63, 3.8) is 0 Å². The highest BCUT2D eigenvalue weighted by atomic mass is 16.3. The molecule has 0 spiro atoms. The summed E-state index contributed by atoms with van der Waals surface area (Å²) in [6.07, 6.45) is 83.6. The van der Waals surface area contributed by atoms with Crippen molar-refractivity contribution in [3.8, 4) is 0 Å². The summed E-state index contributed by atoms with van der Waals surface area (Å²) in [6, 6.07) is -1.00. The number of aliphatic hydroxyl groups excluding tert-OH is 4. The number of aliphatic hydroxyl groups is 4. The van der Waals surface area contributed by atoms with Crippen molar-refractivity contribution in [3.05, 3.63) is 12.2 Å². The van der Waals surface area contributed by atoms with Crippen LogP contribution in [0.15, 0.2) is 12.2 Å². The maximum Gasteiger partial charge on any atom is 0.249 e. The van der Waals surface area contributed by atoms with Gasteiger partial charge in [0.2, 0.25) is 5.91 Å². The van der Waals surface area contributed by atoms with Crippen LogP contribution >= 0.6 is 0 Å². The van der Waals surface area contributed by atoms with Gasteiger partial charge in [0.15, 0.2) is 0 Å². The summed E-state index contributed by atoms with van der Waals surface area (Å²) in [5, 5.41) is 44.2. The van der Waals surface area contributed by atoms with Crippen LogP contribution in [0.2, 0.25) is 0 Å². The van der Waals surface area contributed by atoms with Crippen molar-refractivity contribution in [2.45, 2.75) is 436 Å². The fourth-order valence-electron chi connectivity index (χ4n) is 11.9. The fourth-order valence-corrected chi connectivity index (χ4v) is 11.9. The average molecular weight is 1100 g/mol. The highest BCUT2D eigenvalue weighted by Crippen LogP contribution is 2.20. The molecule has 4 unspecified atom stereocenters. The molecular weight excluding hydrogens is 959 g/mol. The van der Waals surface area contributed by atoms with Crippen LogP contribution in [0.1, 0.15) is 412 Å². The summed E-state index contributed by atoms with van der Waals surface area (Å²) in [6.45, 7) is 4.11. The Bertz CT molecular complexity index is 1150. The highest BCUT2D eigenvalue weighted by molar-refractivity contribution is 5.80. The second-order valence-electron chi connectivity index (χ2n) is 25.3. The predicted octanol–water partition coefficient (Wildman–Crippen LogP) is 22.3. The quantitative estimate of drug-likeness (QED) is 0.0308. The van der Waals surface area contributed by atoms with E-state index in [-0.39, 0.29) is 0 Å². The lowest BCUT2D eigenvalue weighted by molar-refractivity contribution is -0.132. The van der Waals surface area contributed by atoms with Crippen LogP contribution in [0, 0.1) is 0 Å². The fraction of sp³-hybridized carbons (Fsp3) is 0.958. The molecule has 0 aliphatic rings. The SMILES string of the molecule is CCCCCCCCCCCCCCCCCCCCCCCCCCC/C=C/CCCC(O)C(O)C(CO)NC(=O)C(O)CCCCCCCCCCCCCCCCCCCCCCCCCCCCCCCCCC. The van der Waals surface area contributed by atoms with Crippen LogP contribution in [-0.2, 0) is 4.79 Å². The first kappa shape index (κ1) is 77.0. The molecule has 0 aliphatic heterocycles. The van der Waals surface area contributed by atoms with Gasteiger partial charge < -0.3 is 25.7 Å². The summed E-state index contributed by atoms with van der Waals surface area (Å²) in [4.78, 5) is 12.7. The lowest BCUT2D eigenvalue weighted by Gasteiger charge is -2.27. The van der Waals surface area contributed by atoms with Gasteiger partial charge >= 0.3 is 0 Å².